The van der Waals surface area contributed by atoms with Crippen LogP contribution in [-0.4, -0.2) is 10.8 Å². The summed E-state index contributed by atoms with van der Waals surface area (Å²) in [5, 5.41) is 9.28. The van der Waals surface area contributed by atoms with E-state index in [0.717, 1.165) is 9.13 Å². The molecule has 0 N–H and O–H groups in total. The summed E-state index contributed by atoms with van der Waals surface area (Å²) in [6, 6.07) is 11.0. The fourth-order valence-corrected chi connectivity index (χ4v) is 2.46. The Hall–Kier alpha value is -1.74. The van der Waals surface area contributed by atoms with Crippen LogP contribution in [0.2, 0.25) is 0 Å². The third-order valence-corrected chi connectivity index (χ3v) is 4.32. The number of ketones is 1. The van der Waals surface area contributed by atoms with Gasteiger partial charge in [0.25, 0.3) is 0 Å². The zero-order valence-electron chi connectivity index (χ0n) is 10.3. The molecule has 0 amide bonds. The molecule has 1 heterocycles. The van der Waals surface area contributed by atoms with Crippen molar-refractivity contribution in [2.75, 3.05) is 0 Å². The Bertz CT molecular complexity index is 647. The third-order valence-electron chi connectivity index (χ3n) is 2.89. The average Bonchev–Trinajstić information content (AvgIpc) is 2.44. The molecule has 0 bridgehead atoms. The lowest BCUT2D eigenvalue weighted by atomic mass is 9.92. The van der Waals surface area contributed by atoms with Crippen molar-refractivity contribution in [1.82, 2.24) is 4.98 Å². The minimum absolute atomic E-state index is 0.165. The molecule has 2 aromatic rings. The van der Waals surface area contributed by atoms with Crippen molar-refractivity contribution < 1.29 is 4.79 Å². The standard InChI is InChI=1S/C15H11IN2O/c1-10-3-2-4-12(14(10)16)15(19)13(9-17)11-5-7-18-8-6-11/h2-8,13H,1H3. The normalized spacial score (nSPS) is 11.6. The van der Waals surface area contributed by atoms with Crippen LogP contribution in [-0.2, 0) is 0 Å². The number of Topliss-reactive ketones (excluding diaryl/α,β-unsaturated/α-hetero) is 1. The minimum atomic E-state index is -0.779. The molecule has 1 unspecified atom stereocenters. The van der Waals surface area contributed by atoms with Crippen LogP contribution in [0, 0.1) is 21.8 Å². The van der Waals surface area contributed by atoms with E-state index in [1.165, 1.54) is 0 Å². The van der Waals surface area contributed by atoms with Gasteiger partial charge in [0, 0.05) is 21.5 Å². The molecule has 0 radical (unpaired) electrons. The topological polar surface area (TPSA) is 53.8 Å². The summed E-state index contributed by atoms with van der Waals surface area (Å²) in [6.45, 7) is 1.95. The Morgan fingerprint density at radius 3 is 2.63 bits per heavy atom. The average molecular weight is 362 g/mol. The van der Waals surface area contributed by atoms with Crippen LogP contribution in [0.5, 0.6) is 0 Å². The lowest BCUT2D eigenvalue weighted by Crippen LogP contribution is -2.13. The fourth-order valence-electron chi connectivity index (χ4n) is 1.83. The van der Waals surface area contributed by atoms with Crippen LogP contribution in [0.4, 0.5) is 0 Å². The molecule has 0 spiro atoms. The van der Waals surface area contributed by atoms with Gasteiger partial charge in [0.2, 0.25) is 0 Å². The summed E-state index contributed by atoms with van der Waals surface area (Å²) in [4.78, 5) is 16.4. The lowest BCUT2D eigenvalue weighted by Gasteiger charge is -2.11. The molecule has 94 valence electrons. The molecule has 2 rings (SSSR count). The Morgan fingerprint density at radius 1 is 1.32 bits per heavy atom. The summed E-state index contributed by atoms with van der Waals surface area (Å²) in [5.74, 6) is -0.944. The van der Waals surface area contributed by atoms with Gasteiger partial charge >= 0.3 is 0 Å². The van der Waals surface area contributed by atoms with Crippen LogP contribution < -0.4 is 0 Å². The van der Waals surface area contributed by atoms with Gasteiger partial charge in [-0.1, -0.05) is 18.2 Å². The maximum Gasteiger partial charge on any atom is 0.185 e. The number of nitriles is 1. The second kappa shape index (κ2) is 5.93. The van der Waals surface area contributed by atoms with Crippen molar-refractivity contribution in [3.05, 3.63) is 63.0 Å². The number of halogens is 1. The molecule has 1 aromatic carbocycles. The van der Waals surface area contributed by atoms with Crippen molar-refractivity contribution in [3.63, 3.8) is 0 Å². The fraction of sp³-hybridized carbons (Fsp3) is 0.133. The first-order valence-electron chi connectivity index (χ1n) is 5.74. The second-order valence-electron chi connectivity index (χ2n) is 4.14. The van der Waals surface area contributed by atoms with Gasteiger partial charge in [0.15, 0.2) is 5.78 Å². The Balaban J connectivity index is 2.43. The quantitative estimate of drug-likeness (QED) is 0.621. The molecule has 3 nitrogen and oxygen atoms in total. The summed E-state index contributed by atoms with van der Waals surface area (Å²) in [5.41, 5.74) is 2.32. The van der Waals surface area contributed by atoms with Crippen LogP contribution >= 0.6 is 22.6 Å². The number of pyridine rings is 1. The lowest BCUT2D eigenvalue weighted by molar-refractivity contribution is 0.0978. The van der Waals surface area contributed by atoms with Gasteiger partial charge in [0.1, 0.15) is 5.92 Å². The number of carbonyl (C=O) groups is 1. The number of aryl methyl sites for hydroxylation is 1. The maximum atomic E-state index is 12.5. The first kappa shape index (κ1) is 13.7. The third kappa shape index (κ3) is 2.82. The molecule has 0 aliphatic rings. The SMILES string of the molecule is Cc1cccc(C(=O)C(C#N)c2ccncc2)c1I. The molecule has 4 heteroatoms. The molecular formula is C15H11IN2O. The highest BCUT2D eigenvalue weighted by Crippen LogP contribution is 2.24. The van der Waals surface area contributed by atoms with E-state index in [2.05, 4.69) is 33.6 Å². The Kier molecular flexibility index (Phi) is 4.27. The number of rotatable bonds is 3. The predicted molar refractivity (Wildman–Crippen MR) is 80.8 cm³/mol. The summed E-state index contributed by atoms with van der Waals surface area (Å²) >= 11 is 2.15. The number of hydrogen-bond acceptors (Lipinski definition) is 3. The van der Waals surface area contributed by atoms with E-state index in [4.69, 9.17) is 0 Å². The monoisotopic (exact) mass is 362 g/mol. The van der Waals surface area contributed by atoms with E-state index >= 15 is 0 Å². The van der Waals surface area contributed by atoms with E-state index in [0.29, 0.717) is 11.1 Å². The molecule has 19 heavy (non-hydrogen) atoms. The summed E-state index contributed by atoms with van der Waals surface area (Å²) in [6.07, 6.45) is 3.18. The van der Waals surface area contributed by atoms with Crippen LogP contribution in [0.1, 0.15) is 27.4 Å². The number of benzene rings is 1. The highest BCUT2D eigenvalue weighted by Gasteiger charge is 2.23. The summed E-state index contributed by atoms with van der Waals surface area (Å²) < 4.78 is 0.902. The van der Waals surface area contributed by atoms with Crippen LogP contribution in [0.3, 0.4) is 0 Å². The highest BCUT2D eigenvalue weighted by atomic mass is 127. The molecule has 0 fully saturated rings. The van der Waals surface area contributed by atoms with Gasteiger partial charge < -0.3 is 0 Å². The largest absolute Gasteiger partial charge is 0.292 e. The van der Waals surface area contributed by atoms with Gasteiger partial charge in [0.05, 0.1) is 6.07 Å². The number of carbonyl (C=O) groups excluding carboxylic acids is 1. The van der Waals surface area contributed by atoms with Gasteiger partial charge in [-0.05, 0) is 52.8 Å². The van der Waals surface area contributed by atoms with Crippen LogP contribution in [0.15, 0.2) is 42.7 Å². The van der Waals surface area contributed by atoms with Crippen molar-refractivity contribution in [1.29, 1.82) is 5.26 Å². The Labute approximate surface area is 125 Å². The van der Waals surface area contributed by atoms with Gasteiger partial charge in [-0.3, -0.25) is 9.78 Å². The van der Waals surface area contributed by atoms with Crippen molar-refractivity contribution in [2.45, 2.75) is 12.8 Å². The zero-order valence-corrected chi connectivity index (χ0v) is 12.5. The highest BCUT2D eigenvalue weighted by molar-refractivity contribution is 14.1. The van der Waals surface area contributed by atoms with E-state index in [1.54, 1.807) is 30.6 Å². The first-order chi connectivity index (χ1) is 9.15. The van der Waals surface area contributed by atoms with Crippen molar-refractivity contribution >= 4 is 28.4 Å². The maximum absolute atomic E-state index is 12.5. The predicted octanol–water partition coefficient (Wildman–Crippen LogP) is 3.48. The van der Waals surface area contributed by atoms with E-state index < -0.39 is 5.92 Å². The smallest absolute Gasteiger partial charge is 0.185 e. The molecular weight excluding hydrogens is 351 g/mol. The van der Waals surface area contributed by atoms with Crippen molar-refractivity contribution in [2.24, 2.45) is 0 Å². The second-order valence-corrected chi connectivity index (χ2v) is 5.22. The summed E-state index contributed by atoms with van der Waals surface area (Å²) in [7, 11) is 0. The molecule has 1 atom stereocenters. The molecule has 1 aromatic heterocycles. The van der Waals surface area contributed by atoms with Crippen molar-refractivity contribution in [3.8, 4) is 6.07 Å². The Morgan fingerprint density at radius 2 is 2.00 bits per heavy atom. The van der Waals surface area contributed by atoms with E-state index in [1.807, 2.05) is 19.1 Å². The van der Waals surface area contributed by atoms with Crippen LogP contribution in [0.25, 0.3) is 0 Å². The molecule has 0 saturated heterocycles. The van der Waals surface area contributed by atoms with Gasteiger partial charge in [-0.15, -0.1) is 0 Å². The number of aromatic nitrogens is 1. The van der Waals surface area contributed by atoms with Gasteiger partial charge in [-0.2, -0.15) is 5.26 Å². The van der Waals surface area contributed by atoms with E-state index in [9.17, 15) is 10.1 Å². The molecule has 0 aliphatic carbocycles. The minimum Gasteiger partial charge on any atom is -0.292 e. The first-order valence-corrected chi connectivity index (χ1v) is 6.82. The van der Waals surface area contributed by atoms with E-state index in [-0.39, 0.29) is 5.78 Å². The van der Waals surface area contributed by atoms with Gasteiger partial charge in [-0.25, -0.2) is 0 Å². The molecule has 0 saturated carbocycles. The zero-order chi connectivity index (χ0) is 13.8. The number of nitrogens with zero attached hydrogens (tertiary/aromatic N) is 2. The number of hydrogen-bond donors (Lipinski definition) is 0. The molecule has 0 aliphatic heterocycles.